The number of hydrogen-bond acceptors (Lipinski definition) is 5. The van der Waals surface area contributed by atoms with Gasteiger partial charge in [0.05, 0.1) is 30.7 Å². The van der Waals surface area contributed by atoms with Crippen molar-refractivity contribution in [2.24, 2.45) is 5.92 Å². The molecule has 1 fully saturated rings. The summed E-state index contributed by atoms with van der Waals surface area (Å²) in [6, 6.07) is 11.6. The quantitative estimate of drug-likeness (QED) is 0.680. The van der Waals surface area contributed by atoms with Gasteiger partial charge in [0, 0.05) is 23.6 Å². The van der Waals surface area contributed by atoms with Gasteiger partial charge in [0.15, 0.2) is 0 Å². The molecule has 1 amide bonds. The normalized spacial score (nSPS) is 17.6. The van der Waals surface area contributed by atoms with E-state index in [1.54, 1.807) is 49.6 Å². The zero-order chi connectivity index (χ0) is 21.0. The molecule has 1 N–H and O–H groups in total. The maximum Gasteiger partial charge on any atom is 0.243 e. The molecule has 0 bridgehead atoms. The molecule has 1 atom stereocenters. The second-order valence-electron chi connectivity index (χ2n) is 6.71. The number of nitrogens with zero attached hydrogens (tertiary/aromatic N) is 1. The number of rotatable bonds is 6. The molecule has 0 aliphatic carbocycles. The minimum Gasteiger partial charge on any atom is -0.497 e. The standard InChI is InChI=1S/C20H23BrN2O5S/c1-27-16-7-10-19(28-2)18(12-16)22-20(24)14-4-3-11-23(13-14)29(25,26)17-8-5-15(21)6-9-17/h5-10,12,14H,3-4,11,13H2,1-2H3,(H,22,24). The molecule has 1 aliphatic rings. The lowest BCUT2D eigenvalue weighted by atomic mass is 9.98. The van der Waals surface area contributed by atoms with Crippen LogP contribution in [0.25, 0.3) is 0 Å². The smallest absolute Gasteiger partial charge is 0.243 e. The van der Waals surface area contributed by atoms with Crippen LogP contribution in [0.1, 0.15) is 12.8 Å². The summed E-state index contributed by atoms with van der Waals surface area (Å²) in [7, 11) is -0.594. The fourth-order valence-corrected chi connectivity index (χ4v) is 5.07. The Morgan fingerprint density at radius 1 is 1.14 bits per heavy atom. The van der Waals surface area contributed by atoms with Crippen LogP contribution >= 0.6 is 15.9 Å². The number of benzene rings is 2. The van der Waals surface area contributed by atoms with Crippen LogP contribution in [-0.2, 0) is 14.8 Å². The third-order valence-corrected chi connectivity index (χ3v) is 7.28. The number of amides is 1. The largest absolute Gasteiger partial charge is 0.497 e. The molecule has 2 aromatic rings. The molecule has 29 heavy (non-hydrogen) atoms. The molecule has 2 aromatic carbocycles. The van der Waals surface area contributed by atoms with Crippen molar-refractivity contribution in [3.8, 4) is 11.5 Å². The summed E-state index contributed by atoms with van der Waals surface area (Å²) in [4.78, 5) is 13.1. The number of hydrogen-bond donors (Lipinski definition) is 1. The van der Waals surface area contributed by atoms with Crippen molar-refractivity contribution < 1.29 is 22.7 Å². The number of carbonyl (C=O) groups excluding carboxylic acids is 1. The average molecular weight is 483 g/mol. The number of carbonyl (C=O) groups is 1. The van der Waals surface area contributed by atoms with Gasteiger partial charge >= 0.3 is 0 Å². The van der Waals surface area contributed by atoms with E-state index in [0.717, 1.165) is 4.47 Å². The monoisotopic (exact) mass is 482 g/mol. The summed E-state index contributed by atoms with van der Waals surface area (Å²) in [6.45, 7) is 0.529. The van der Waals surface area contributed by atoms with Crippen LogP contribution < -0.4 is 14.8 Å². The van der Waals surface area contributed by atoms with Gasteiger partial charge in [-0.25, -0.2) is 8.42 Å². The Labute approximate surface area is 179 Å². The van der Waals surface area contributed by atoms with E-state index in [9.17, 15) is 13.2 Å². The van der Waals surface area contributed by atoms with Gasteiger partial charge in [0.25, 0.3) is 0 Å². The molecular formula is C20H23BrN2O5S. The van der Waals surface area contributed by atoms with Gasteiger partial charge in [-0.1, -0.05) is 15.9 Å². The topological polar surface area (TPSA) is 84.9 Å². The van der Waals surface area contributed by atoms with E-state index in [0.29, 0.717) is 36.6 Å². The second kappa shape index (κ2) is 9.15. The van der Waals surface area contributed by atoms with Gasteiger partial charge in [-0.15, -0.1) is 0 Å². The van der Waals surface area contributed by atoms with E-state index >= 15 is 0 Å². The molecule has 1 aliphatic heterocycles. The molecule has 0 radical (unpaired) electrons. The van der Waals surface area contributed by atoms with Crippen LogP contribution in [0.5, 0.6) is 11.5 Å². The fourth-order valence-electron chi connectivity index (χ4n) is 3.28. The average Bonchev–Trinajstić information content (AvgIpc) is 2.74. The zero-order valence-corrected chi connectivity index (χ0v) is 18.6. The van der Waals surface area contributed by atoms with Crippen molar-refractivity contribution in [3.63, 3.8) is 0 Å². The lowest BCUT2D eigenvalue weighted by Gasteiger charge is -2.31. The van der Waals surface area contributed by atoms with E-state index in [1.165, 1.54) is 11.4 Å². The molecule has 1 saturated heterocycles. The highest BCUT2D eigenvalue weighted by atomic mass is 79.9. The highest BCUT2D eigenvalue weighted by molar-refractivity contribution is 9.10. The van der Waals surface area contributed by atoms with Gasteiger partial charge in [-0.05, 0) is 49.2 Å². The summed E-state index contributed by atoms with van der Waals surface area (Å²) in [5.74, 6) is 0.399. The molecule has 9 heteroatoms. The summed E-state index contributed by atoms with van der Waals surface area (Å²) in [6.07, 6.45) is 1.23. The summed E-state index contributed by atoms with van der Waals surface area (Å²) in [5, 5.41) is 2.85. The first-order chi connectivity index (χ1) is 13.8. The van der Waals surface area contributed by atoms with Gasteiger partial charge < -0.3 is 14.8 Å². The highest BCUT2D eigenvalue weighted by Crippen LogP contribution is 2.31. The lowest BCUT2D eigenvalue weighted by molar-refractivity contribution is -0.120. The van der Waals surface area contributed by atoms with Gasteiger partial charge in [-0.2, -0.15) is 4.31 Å². The van der Waals surface area contributed by atoms with Gasteiger partial charge in [-0.3, -0.25) is 4.79 Å². The van der Waals surface area contributed by atoms with E-state index in [2.05, 4.69) is 21.2 Å². The van der Waals surface area contributed by atoms with Crippen LogP contribution in [0.2, 0.25) is 0 Å². The predicted molar refractivity (Wildman–Crippen MR) is 114 cm³/mol. The summed E-state index contributed by atoms with van der Waals surface area (Å²) >= 11 is 3.31. The Hall–Kier alpha value is -2.10. The molecule has 7 nitrogen and oxygen atoms in total. The van der Waals surface area contributed by atoms with Crippen LogP contribution in [0.4, 0.5) is 5.69 Å². The minimum atomic E-state index is -3.65. The molecular weight excluding hydrogens is 460 g/mol. The van der Waals surface area contributed by atoms with Gasteiger partial charge in [0.2, 0.25) is 15.9 Å². The number of anilines is 1. The zero-order valence-electron chi connectivity index (χ0n) is 16.2. The van der Waals surface area contributed by atoms with Crippen molar-refractivity contribution in [2.75, 3.05) is 32.6 Å². The van der Waals surface area contributed by atoms with Crippen molar-refractivity contribution in [3.05, 3.63) is 46.9 Å². The Morgan fingerprint density at radius 3 is 2.52 bits per heavy atom. The molecule has 156 valence electrons. The molecule has 0 saturated carbocycles. The predicted octanol–water partition coefficient (Wildman–Crippen LogP) is 3.51. The number of ether oxygens (including phenoxy) is 2. The first-order valence-corrected chi connectivity index (χ1v) is 11.4. The lowest BCUT2D eigenvalue weighted by Crippen LogP contribution is -2.43. The maximum atomic E-state index is 13.0. The van der Waals surface area contributed by atoms with Crippen LogP contribution in [0, 0.1) is 5.92 Å². The highest BCUT2D eigenvalue weighted by Gasteiger charge is 2.33. The van der Waals surface area contributed by atoms with Crippen LogP contribution in [0.3, 0.4) is 0 Å². The maximum absolute atomic E-state index is 13.0. The Balaban J connectivity index is 1.75. The first kappa shape index (κ1) is 21.6. The molecule has 3 rings (SSSR count). The van der Waals surface area contributed by atoms with E-state index in [-0.39, 0.29) is 17.3 Å². The third-order valence-electron chi connectivity index (χ3n) is 4.87. The molecule has 0 aromatic heterocycles. The van der Waals surface area contributed by atoms with Crippen molar-refractivity contribution in [1.29, 1.82) is 0 Å². The van der Waals surface area contributed by atoms with E-state index in [1.807, 2.05) is 0 Å². The number of sulfonamides is 1. The first-order valence-electron chi connectivity index (χ1n) is 9.13. The molecule has 1 heterocycles. The SMILES string of the molecule is COc1ccc(OC)c(NC(=O)C2CCCN(S(=O)(=O)c3ccc(Br)cc3)C2)c1. The Bertz CT molecular complexity index is 979. The fraction of sp³-hybridized carbons (Fsp3) is 0.350. The number of halogens is 1. The van der Waals surface area contributed by atoms with E-state index < -0.39 is 15.9 Å². The van der Waals surface area contributed by atoms with Crippen molar-refractivity contribution in [2.45, 2.75) is 17.7 Å². The van der Waals surface area contributed by atoms with Crippen molar-refractivity contribution >= 4 is 37.5 Å². The Morgan fingerprint density at radius 2 is 1.86 bits per heavy atom. The van der Waals surface area contributed by atoms with Crippen LogP contribution in [-0.4, -0.2) is 45.9 Å². The second-order valence-corrected chi connectivity index (χ2v) is 9.57. The third kappa shape index (κ3) is 4.91. The number of methoxy groups -OCH3 is 2. The summed E-state index contributed by atoms with van der Waals surface area (Å²) in [5.41, 5.74) is 0.491. The molecule has 1 unspecified atom stereocenters. The Kier molecular flexibility index (Phi) is 6.81. The summed E-state index contributed by atoms with van der Waals surface area (Å²) < 4.78 is 38.6. The van der Waals surface area contributed by atoms with Gasteiger partial charge in [0.1, 0.15) is 11.5 Å². The minimum absolute atomic E-state index is 0.135. The number of piperidine rings is 1. The number of nitrogens with one attached hydrogen (secondary N) is 1. The van der Waals surface area contributed by atoms with E-state index in [4.69, 9.17) is 9.47 Å². The van der Waals surface area contributed by atoms with Crippen molar-refractivity contribution in [1.82, 2.24) is 4.31 Å². The molecule has 0 spiro atoms. The van der Waals surface area contributed by atoms with Crippen LogP contribution in [0.15, 0.2) is 51.8 Å².